The summed E-state index contributed by atoms with van der Waals surface area (Å²) >= 11 is 3.42. The maximum Gasteiger partial charge on any atom is 0.193 e. The molecule has 0 atom stereocenters. The molecule has 0 saturated heterocycles. The zero-order chi connectivity index (χ0) is 15.2. The number of ether oxygens (including phenoxy) is 2. The maximum absolute atomic E-state index is 12.4. The van der Waals surface area contributed by atoms with Gasteiger partial charge >= 0.3 is 0 Å². The van der Waals surface area contributed by atoms with Crippen LogP contribution in [0.15, 0.2) is 46.9 Å². The van der Waals surface area contributed by atoms with Gasteiger partial charge in [0.05, 0.1) is 17.7 Å². The lowest BCUT2D eigenvalue weighted by Crippen LogP contribution is -2.02. The minimum Gasteiger partial charge on any atom is -0.494 e. The molecule has 0 aliphatic heterocycles. The molecule has 2 aromatic carbocycles. The quantitative estimate of drug-likeness (QED) is 0.722. The lowest BCUT2D eigenvalue weighted by atomic mass is 10.0. The van der Waals surface area contributed by atoms with Crippen molar-refractivity contribution in [1.29, 1.82) is 0 Å². The van der Waals surface area contributed by atoms with Gasteiger partial charge in [0.25, 0.3) is 0 Å². The van der Waals surface area contributed by atoms with Gasteiger partial charge in [-0.15, -0.1) is 0 Å². The predicted octanol–water partition coefficient (Wildman–Crippen LogP) is 4.48. The SMILES string of the molecule is CCOc1ccc(C(=O)c2ccc(OCC)c(Br)c2)cc1. The van der Waals surface area contributed by atoms with E-state index in [1.165, 1.54) is 0 Å². The molecule has 0 bridgehead atoms. The lowest BCUT2D eigenvalue weighted by molar-refractivity contribution is 0.103. The van der Waals surface area contributed by atoms with Crippen LogP contribution in [0.3, 0.4) is 0 Å². The highest BCUT2D eigenvalue weighted by atomic mass is 79.9. The van der Waals surface area contributed by atoms with Crippen LogP contribution in [0.2, 0.25) is 0 Å². The molecule has 0 N–H and O–H groups in total. The fourth-order valence-electron chi connectivity index (χ4n) is 1.95. The van der Waals surface area contributed by atoms with Gasteiger partial charge in [0.2, 0.25) is 0 Å². The minimum absolute atomic E-state index is 0.0261. The molecule has 0 radical (unpaired) electrons. The van der Waals surface area contributed by atoms with Crippen LogP contribution in [0.5, 0.6) is 11.5 Å². The van der Waals surface area contributed by atoms with E-state index in [1.807, 2.05) is 13.8 Å². The highest BCUT2D eigenvalue weighted by Crippen LogP contribution is 2.27. The van der Waals surface area contributed by atoms with Crippen LogP contribution in [-0.4, -0.2) is 19.0 Å². The van der Waals surface area contributed by atoms with Gasteiger partial charge in [-0.3, -0.25) is 4.79 Å². The molecule has 21 heavy (non-hydrogen) atoms. The molecule has 2 rings (SSSR count). The number of ketones is 1. The van der Waals surface area contributed by atoms with E-state index >= 15 is 0 Å². The normalized spacial score (nSPS) is 10.2. The van der Waals surface area contributed by atoms with Gasteiger partial charge in [-0.05, 0) is 72.2 Å². The molecule has 3 nitrogen and oxygen atoms in total. The largest absolute Gasteiger partial charge is 0.494 e. The van der Waals surface area contributed by atoms with Crippen LogP contribution >= 0.6 is 15.9 Å². The molecular weight excluding hydrogens is 332 g/mol. The van der Waals surface area contributed by atoms with Crippen molar-refractivity contribution in [3.05, 3.63) is 58.1 Å². The number of benzene rings is 2. The van der Waals surface area contributed by atoms with Gasteiger partial charge in [-0.1, -0.05) is 0 Å². The first-order chi connectivity index (χ1) is 10.2. The summed E-state index contributed by atoms with van der Waals surface area (Å²) in [5.41, 5.74) is 1.25. The Morgan fingerprint density at radius 1 is 0.952 bits per heavy atom. The number of hydrogen-bond acceptors (Lipinski definition) is 3. The Labute approximate surface area is 133 Å². The van der Waals surface area contributed by atoms with Crippen LogP contribution in [0, 0.1) is 0 Å². The Morgan fingerprint density at radius 2 is 1.57 bits per heavy atom. The lowest BCUT2D eigenvalue weighted by Gasteiger charge is -2.08. The van der Waals surface area contributed by atoms with E-state index in [4.69, 9.17) is 9.47 Å². The summed E-state index contributed by atoms with van der Waals surface area (Å²) in [5.74, 6) is 1.48. The molecule has 0 unspecified atom stereocenters. The molecule has 0 saturated carbocycles. The topological polar surface area (TPSA) is 35.5 Å². The zero-order valence-corrected chi connectivity index (χ0v) is 13.6. The van der Waals surface area contributed by atoms with Crippen molar-refractivity contribution >= 4 is 21.7 Å². The van der Waals surface area contributed by atoms with Crippen LogP contribution in [0.1, 0.15) is 29.8 Å². The number of carbonyl (C=O) groups is 1. The summed E-state index contributed by atoms with van der Waals surface area (Å²) in [4.78, 5) is 12.4. The van der Waals surface area contributed by atoms with E-state index in [0.29, 0.717) is 24.3 Å². The number of rotatable bonds is 6. The second-order valence-electron chi connectivity index (χ2n) is 4.36. The van der Waals surface area contributed by atoms with Crippen LogP contribution < -0.4 is 9.47 Å². The Morgan fingerprint density at radius 3 is 2.14 bits per heavy atom. The summed E-state index contributed by atoms with van der Waals surface area (Å²) in [6.45, 7) is 5.05. The molecule has 4 heteroatoms. The minimum atomic E-state index is -0.0261. The second-order valence-corrected chi connectivity index (χ2v) is 5.22. The van der Waals surface area contributed by atoms with Gasteiger partial charge in [-0.25, -0.2) is 0 Å². The molecule has 110 valence electrons. The molecule has 0 aliphatic rings. The first-order valence-electron chi connectivity index (χ1n) is 6.85. The van der Waals surface area contributed by atoms with Crippen molar-refractivity contribution in [2.24, 2.45) is 0 Å². The zero-order valence-electron chi connectivity index (χ0n) is 12.1. The molecule has 0 aliphatic carbocycles. The van der Waals surface area contributed by atoms with E-state index in [1.54, 1.807) is 42.5 Å². The Bertz CT molecular complexity index is 620. The second kappa shape index (κ2) is 7.27. The van der Waals surface area contributed by atoms with Crippen LogP contribution in [0.25, 0.3) is 0 Å². The third kappa shape index (κ3) is 3.85. The summed E-state index contributed by atoms with van der Waals surface area (Å²) in [6.07, 6.45) is 0. The van der Waals surface area contributed by atoms with Crippen LogP contribution in [0.4, 0.5) is 0 Å². The van der Waals surface area contributed by atoms with Crippen molar-refractivity contribution in [3.63, 3.8) is 0 Å². The molecule has 0 amide bonds. The number of carbonyl (C=O) groups excluding carboxylic acids is 1. The van der Waals surface area contributed by atoms with E-state index in [0.717, 1.165) is 16.0 Å². The Balaban J connectivity index is 2.21. The van der Waals surface area contributed by atoms with Crippen molar-refractivity contribution in [1.82, 2.24) is 0 Å². The Kier molecular flexibility index (Phi) is 5.39. The average Bonchev–Trinajstić information content (AvgIpc) is 2.50. The van der Waals surface area contributed by atoms with Crippen molar-refractivity contribution in [3.8, 4) is 11.5 Å². The van der Waals surface area contributed by atoms with E-state index in [2.05, 4.69) is 15.9 Å². The molecule has 2 aromatic rings. The van der Waals surface area contributed by atoms with Gasteiger partial charge in [-0.2, -0.15) is 0 Å². The van der Waals surface area contributed by atoms with Crippen molar-refractivity contribution in [2.45, 2.75) is 13.8 Å². The highest BCUT2D eigenvalue weighted by molar-refractivity contribution is 9.10. The van der Waals surface area contributed by atoms with Crippen molar-refractivity contribution < 1.29 is 14.3 Å². The molecule has 0 fully saturated rings. The summed E-state index contributed by atoms with van der Waals surface area (Å²) in [7, 11) is 0. The number of halogens is 1. The van der Waals surface area contributed by atoms with E-state index < -0.39 is 0 Å². The van der Waals surface area contributed by atoms with Crippen molar-refractivity contribution in [2.75, 3.05) is 13.2 Å². The van der Waals surface area contributed by atoms with Gasteiger partial charge in [0, 0.05) is 11.1 Å². The van der Waals surface area contributed by atoms with E-state index in [9.17, 15) is 4.79 Å². The fraction of sp³-hybridized carbons (Fsp3) is 0.235. The third-order valence-electron chi connectivity index (χ3n) is 2.92. The van der Waals surface area contributed by atoms with E-state index in [-0.39, 0.29) is 5.78 Å². The molecule has 0 aromatic heterocycles. The molecule has 0 heterocycles. The number of hydrogen-bond donors (Lipinski definition) is 0. The summed E-state index contributed by atoms with van der Waals surface area (Å²) in [6, 6.07) is 12.5. The van der Waals surface area contributed by atoms with Gasteiger partial charge in [0.1, 0.15) is 11.5 Å². The van der Waals surface area contributed by atoms with Gasteiger partial charge < -0.3 is 9.47 Å². The van der Waals surface area contributed by atoms with Gasteiger partial charge in [0.15, 0.2) is 5.78 Å². The monoisotopic (exact) mass is 348 g/mol. The maximum atomic E-state index is 12.4. The predicted molar refractivity (Wildman–Crippen MR) is 86.4 cm³/mol. The standard InChI is InChI=1S/C17H17BrO3/c1-3-20-14-8-5-12(6-9-14)17(19)13-7-10-16(21-4-2)15(18)11-13/h5-11H,3-4H2,1-2H3. The Hall–Kier alpha value is -1.81. The smallest absolute Gasteiger partial charge is 0.193 e. The molecular formula is C17H17BrO3. The summed E-state index contributed by atoms with van der Waals surface area (Å²) < 4.78 is 11.6. The average molecular weight is 349 g/mol. The highest BCUT2D eigenvalue weighted by Gasteiger charge is 2.11. The fourth-order valence-corrected chi connectivity index (χ4v) is 2.44. The summed E-state index contributed by atoms with van der Waals surface area (Å²) in [5, 5.41) is 0. The third-order valence-corrected chi connectivity index (χ3v) is 3.54. The first-order valence-corrected chi connectivity index (χ1v) is 7.65. The van der Waals surface area contributed by atoms with Crippen LogP contribution in [-0.2, 0) is 0 Å². The molecule has 0 spiro atoms. The first kappa shape index (κ1) is 15.6.